The number of ether oxygens (including phenoxy) is 1. The van der Waals surface area contributed by atoms with Gasteiger partial charge in [-0.3, -0.25) is 4.79 Å². The first-order valence-electron chi connectivity index (χ1n) is 7.62. The van der Waals surface area contributed by atoms with Gasteiger partial charge >= 0.3 is 0 Å². The SMILES string of the molecule is CC(C)c1nc(C2CCCN2C(=O)C2=COCCC2)no1. The van der Waals surface area contributed by atoms with Crippen LogP contribution < -0.4 is 0 Å². The van der Waals surface area contributed by atoms with Crippen LogP contribution in [0.4, 0.5) is 0 Å². The van der Waals surface area contributed by atoms with E-state index < -0.39 is 0 Å². The second-order valence-electron chi connectivity index (χ2n) is 5.92. The van der Waals surface area contributed by atoms with Gasteiger partial charge in [0.1, 0.15) is 0 Å². The lowest BCUT2D eigenvalue weighted by Gasteiger charge is -2.24. The van der Waals surface area contributed by atoms with Crippen molar-refractivity contribution in [1.82, 2.24) is 15.0 Å². The van der Waals surface area contributed by atoms with E-state index in [1.54, 1.807) is 6.26 Å². The van der Waals surface area contributed by atoms with E-state index in [4.69, 9.17) is 9.26 Å². The van der Waals surface area contributed by atoms with Crippen molar-refractivity contribution in [3.05, 3.63) is 23.6 Å². The van der Waals surface area contributed by atoms with Crippen LogP contribution in [0, 0.1) is 0 Å². The molecule has 21 heavy (non-hydrogen) atoms. The summed E-state index contributed by atoms with van der Waals surface area (Å²) in [5.41, 5.74) is 0.751. The van der Waals surface area contributed by atoms with Gasteiger partial charge in [0.25, 0.3) is 5.91 Å². The van der Waals surface area contributed by atoms with E-state index in [0.717, 1.165) is 37.8 Å². The van der Waals surface area contributed by atoms with Gasteiger partial charge in [-0.1, -0.05) is 19.0 Å². The predicted molar refractivity (Wildman–Crippen MR) is 75.3 cm³/mol. The van der Waals surface area contributed by atoms with E-state index in [-0.39, 0.29) is 17.9 Å². The summed E-state index contributed by atoms with van der Waals surface area (Å²) in [5.74, 6) is 1.51. The van der Waals surface area contributed by atoms with Crippen LogP contribution in [0.5, 0.6) is 0 Å². The Bertz CT molecular complexity index is 550. The Balaban J connectivity index is 1.78. The van der Waals surface area contributed by atoms with Crippen molar-refractivity contribution in [3.63, 3.8) is 0 Å². The van der Waals surface area contributed by atoms with Crippen molar-refractivity contribution < 1.29 is 14.1 Å². The summed E-state index contributed by atoms with van der Waals surface area (Å²) in [7, 11) is 0. The van der Waals surface area contributed by atoms with Crippen LogP contribution in [0.15, 0.2) is 16.4 Å². The molecule has 0 aliphatic carbocycles. The van der Waals surface area contributed by atoms with Gasteiger partial charge in [-0.2, -0.15) is 4.98 Å². The molecule has 1 unspecified atom stereocenters. The first kappa shape index (κ1) is 14.1. The largest absolute Gasteiger partial charge is 0.501 e. The molecular formula is C15H21N3O3. The summed E-state index contributed by atoms with van der Waals surface area (Å²) in [4.78, 5) is 18.9. The number of nitrogens with zero attached hydrogens (tertiary/aromatic N) is 3. The van der Waals surface area contributed by atoms with Crippen LogP contribution in [-0.2, 0) is 9.53 Å². The smallest absolute Gasteiger partial charge is 0.253 e. The Labute approximate surface area is 124 Å². The summed E-state index contributed by atoms with van der Waals surface area (Å²) in [6.07, 6.45) is 5.14. The predicted octanol–water partition coefficient (Wildman–Crippen LogP) is 2.55. The quantitative estimate of drug-likeness (QED) is 0.856. The molecule has 2 aliphatic heterocycles. The number of hydrogen-bond acceptors (Lipinski definition) is 5. The average Bonchev–Trinajstić information content (AvgIpc) is 3.16. The maximum Gasteiger partial charge on any atom is 0.253 e. The molecule has 3 rings (SSSR count). The summed E-state index contributed by atoms with van der Waals surface area (Å²) in [6.45, 7) is 5.47. The monoisotopic (exact) mass is 291 g/mol. The summed E-state index contributed by atoms with van der Waals surface area (Å²) in [5, 5.41) is 4.07. The van der Waals surface area contributed by atoms with Crippen molar-refractivity contribution in [2.75, 3.05) is 13.2 Å². The number of likely N-dealkylation sites (tertiary alicyclic amines) is 1. The van der Waals surface area contributed by atoms with Gasteiger partial charge in [0, 0.05) is 12.5 Å². The van der Waals surface area contributed by atoms with Crippen molar-refractivity contribution in [1.29, 1.82) is 0 Å². The molecule has 0 N–H and O–H groups in total. The highest BCUT2D eigenvalue weighted by atomic mass is 16.5. The maximum atomic E-state index is 12.6. The number of hydrogen-bond donors (Lipinski definition) is 0. The normalized spacial score (nSPS) is 22.3. The molecule has 6 heteroatoms. The molecule has 3 heterocycles. The zero-order valence-corrected chi connectivity index (χ0v) is 12.5. The highest BCUT2D eigenvalue weighted by Crippen LogP contribution is 2.33. The summed E-state index contributed by atoms with van der Waals surface area (Å²) < 4.78 is 10.6. The molecule has 0 spiro atoms. The van der Waals surface area contributed by atoms with Crippen molar-refractivity contribution in [3.8, 4) is 0 Å². The number of rotatable bonds is 3. The Kier molecular flexibility index (Phi) is 3.94. The molecule has 1 aromatic rings. The Morgan fingerprint density at radius 3 is 2.95 bits per heavy atom. The van der Waals surface area contributed by atoms with E-state index in [1.165, 1.54) is 0 Å². The van der Waals surface area contributed by atoms with Crippen LogP contribution >= 0.6 is 0 Å². The molecule has 0 saturated carbocycles. The minimum atomic E-state index is -0.0726. The molecule has 0 bridgehead atoms. The third kappa shape index (κ3) is 2.80. The Morgan fingerprint density at radius 2 is 2.29 bits per heavy atom. The lowest BCUT2D eigenvalue weighted by molar-refractivity contribution is -0.128. The van der Waals surface area contributed by atoms with Crippen LogP contribution in [0.3, 0.4) is 0 Å². The second kappa shape index (κ2) is 5.87. The zero-order chi connectivity index (χ0) is 14.8. The van der Waals surface area contributed by atoms with Crippen LogP contribution in [0.25, 0.3) is 0 Å². The molecule has 0 radical (unpaired) electrons. The molecule has 1 atom stereocenters. The van der Waals surface area contributed by atoms with E-state index in [2.05, 4.69) is 10.1 Å². The van der Waals surface area contributed by atoms with E-state index in [0.29, 0.717) is 18.3 Å². The number of carbonyl (C=O) groups excluding carboxylic acids is 1. The minimum Gasteiger partial charge on any atom is -0.501 e. The van der Waals surface area contributed by atoms with Crippen LogP contribution in [0.2, 0.25) is 0 Å². The summed E-state index contributed by atoms with van der Waals surface area (Å²) in [6, 6.07) is -0.0726. The molecular weight excluding hydrogens is 270 g/mol. The standard InChI is InChI=1S/C15H21N3O3/c1-10(2)14-16-13(17-21-14)12-6-3-7-18(12)15(19)11-5-4-8-20-9-11/h9-10,12H,3-8H2,1-2H3. The molecule has 1 saturated heterocycles. The van der Waals surface area contributed by atoms with Crippen LogP contribution in [0.1, 0.15) is 63.2 Å². The van der Waals surface area contributed by atoms with E-state index >= 15 is 0 Å². The first-order chi connectivity index (χ1) is 10.2. The third-order valence-electron chi connectivity index (χ3n) is 3.97. The van der Waals surface area contributed by atoms with Crippen molar-refractivity contribution in [2.45, 2.75) is 51.5 Å². The number of amides is 1. The molecule has 0 aromatic carbocycles. The number of carbonyl (C=O) groups is 1. The zero-order valence-electron chi connectivity index (χ0n) is 12.5. The lowest BCUT2D eigenvalue weighted by atomic mass is 10.1. The fourth-order valence-electron chi connectivity index (χ4n) is 2.80. The van der Waals surface area contributed by atoms with Crippen molar-refractivity contribution in [2.24, 2.45) is 0 Å². The number of aromatic nitrogens is 2. The topological polar surface area (TPSA) is 68.5 Å². The van der Waals surface area contributed by atoms with E-state index in [1.807, 2.05) is 18.7 Å². The first-order valence-corrected chi connectivity index (χ1v) is 7.62. The highest BCUT2D eigenvalue weighted by molar-refractivity contribution is 5.93. The lowest BCUT2D eigenvalue weighted by Crippen LogP contribution is -2.33. The maximum absolute atomic E-state index is 12.6. The van der Waals surface area contributed by atoms with Gasteiger partial charge < -0.3 is 14.2 Å². The molecule has 6 nitrogen and oxygen atoms in total. The molecule has 1 aromatic heterocycles. The molecule has 114 valence electrons. The fourth-order valence-corrected chi connectivity index (χ4v) is 2.80. The van der Waals surface area contributed by atoms with E-state index in [9.17, 15) is 4.79 Å². The van der Waals surface area contributed by atoms with Crippen LogP contribution in [-0.4, -0.2) is 34.1 Å². The average molecular weight is 291 g/mol. The van der Waals surface area contributed by atoms with Gasteiger partial charge in [-0.25, -0.2) is 0 Å². The molecule has 2 aliphatic rings. The summed E-state index contributed by atoms with van der Waals surface area (Å²) >= 11 is 0. The van der Waals surface area contributed by atoms with Gasteiger partial charge in [0.15, 0.2) is 5.82 Å². The van der Waals surface area contributed by atoms with Crippen molar-refractivity contribution >= 4 is 5.91 Å². The van der Waals surface area contributed by atoms with Gasteiger partial charge in [0.05, 0.1) is 24.5 Å². The second-order valence-corrected chi connectivity index (χ2v) is 5.92. The molecule has 1 fully saturated rings. The fraction of sp³-hybridized carbons (Fsp3) is 0.667. The molecule has 1 amide bonds. The Hall–Kier alpha value is -1.85. The Morgan fingerprint density at radius 1 is 1.43 bits per heavy atom. The van der Waals surface area contributed by atoms with Gasteiger partial charge in [0.2, 0.25) is 5.89 Å². The van der Waals surface area contributed by atoms with Gasteiger partial charge in [-0.05, 0) is 25.7 Å². The minimum absolute atomic E-state index is 0.0492. The highest BCUT2D eigenvalue weighted by Gasteiger charge is 2.35. The third-order valence-corrected chi connectivity index (χ3v) is 3.97. The van der Waals surface area contributed by atoms with Gasteiger partial charge in [-0.15, -0.1) is 0 Å².